The molecule has 7 nitrogen and oxygen atoms in total. The van der Waals surface area contributed by atoms with Gasteiger partial charge in [-0.25, -0.2) is 4.79 Å². The molecule has 1 fully saturated rings. The van der Waals surface area contributed by atoms with E-state index in [2.05, 4.69) is 5.32 Å². The second-order valence-electron chi connectivity index (χ2n) is 4.99. The van der Waals surface area contributed by atoms with Gasteiger partial charge in [0.2, 0.25) is 5.91 Å². The highest BCUT2D eigenvalue weighted by atomic mass is 16.6. The fraction of sp³-hybridized carbons (Fsp3) is 0.467. The number of cyclic esters (lactones) is 1. The number of amides is 2. The van der Waals surface area contributed by atoms with Gasteiger partial charge in [0.05, 0.1) is 27.3 Å². The predicted octanol–water partition coefficient (Wildman–Crippen LogP) is 1.16. The molecule has 0 aromatic heterocycles. The van der Waals surface area contributed by atoms with E-state index >= 15 is 0 Å². The maximum atomic E-state index is 11.8. The Morgan fingerprint density at radius 1 is 1.41 bits per heavy atom. The zero-order valence-corrected chi connectivity index (χ0v) is 12.9. The minimum atomic E-state index is -0.449. The van der Waals surface area contributed by atoms with Crippen LogP contribution in [0, 0.1) is 0 Å². The first-order valence-corrected chi connectivity index (χ1v) is 6.94. The van der Waals surface area contributed by atoms with Crippen molar-refractivity contribution in [1.82, 2.24) is 10.2 Å². The van der Waals surface area contributed by atoms with Crippen molar-refractivity contribution in [3.63, 3.8) is 0 Å². The number of carbonyl (C=O) groups excluding carboxylic acids is 2. The van der Waals surface area contributed by atoms with E-state index < -0.39 is 6.09 Å². The molecular formula is C15H20N2O5. The molecule has 120 valence electrons. The molecule has 22 heavy (non-hydrogen) atoms. The maximum absolute atomic E-state index is 11.8. The normalized spacial score (nSPS) is 16.7. The summed E-state index contributed by atoms with van der Waals surface area (Å²) in [7, 11) is 3.15. The average Bonchev–Trinajstić information content (AvgIpc) is 2.92. The number of carbonyl (C=O) groups is 2. The van der Waals surface area contributed by atoms with Crippen LogP contribution in [0.1, 0.15) is 12.5 Å². The highest BCUT2D eigenvalue weighted by Gasteiger charge is 2.26. The van der Waals surface area contributed by atoms with Crippen molar-refractivity contribution in [3.05, 3.63) is 23.8 Å². The van der Waals surface area contributed by atoms with E-state index in [-0.39, 0.29) is 12.0 Å². The predicted molar refractivity (Wildman–Crippen MR) is 78.9 cm³/mol. The van der Waals surface area contributed by atoms with Crippen molar-refractivity contribution < 1.29 is 23.8 Å². The number of alkyl carbamates (subject to hydrolysis) is 1. The van der Waals surface area contributed by atoms with Gasteiger partial charge in [-0.05, 0) is 12.1 Å². The van der Waals surface area contributed by atoms with Crippen molar-refractivity contribution in [2.45, 2.75) is 19.6 Å². The standard InChI is InChI=1S/C15H20N2O5/c1-10(18)17(9-13-7-16-15(19)22-13)8-11-4-5-12(20-2)6-14(11)21-3/h4-6,13H,7-9H2,1-3H3,(H,16,19)/t13-/m1/s1. The monoisotopic (exact) mass is 308 g/mol. The molecule has 0 aliphatic carbocycles. The van der Waals surface area contributed by atoms with Crippen molar-refractivity contribution in [3.8, 4) is 11.5 Å². The molecule has 2 rings (SSSR count). The maximum Gasteiger partial charge on any atom is 0.407 e. The highest BCUT2D eigenvalue weighted by molar-refractivity contribution is 5.74. The summed E-state index contributed by atoms with van der Waals surface area (Å²) in [5.74, 6) is 1.23. The molecule has 2 amide bonds. The largest absolute Gasteiger partial charge is 0.497 e. The summed E-state index contributed by atoms with van der Waals surface area (Å²) in [5.41, 5.74) is 0.857. The average molecular weight is 308 g/mol. The molecule has 1 saturated heterocycles. The Balaban J connectivity index is 2.10. The van der Waals surface area contributed by atoms with Crippen molar-refractivity contribution in [1.29, 1.82) is 0 Å². The molecule has 1 atom stereocenters. The summed E-state index contributed by atoms with van der Waals surface area (Å²) in [6.45, 7) is 2.60. The first kappa shape index (κ1) is 15.9. The van der Waals surface area contributed by atoms with Gasteiger partial charge in [0.1, 0.15) is 17.6 Å². The van der Waals surface area contributed by atoms with Crippen LogP contribution in [-0.4, -0.2) is 50.3 Å². The summed E-state index contributed by atoms with van der Waals surface area (Å²) in [5, 5.41) is 2.58. The number of nitrogens with one attached hydrogen (secondary N) is 1. The van der Waals surface area contributed by atoms with Crippen LogP contribution in [0.5, 0.6) is 11.5 Å². The summed E-state index contributed by atoms with van der Waals surface area (Å²) < 4.78 is 15.6. The van der Waals surface area contributed by atoms with Crippen molar-refractivity contribution >= 4 is 12.0 Å². The molecule has 1 N–H and O–H groups in total. The zero-order valence-electron chi connectivity index (χ0n) is 12.9. The quantitative estimate of drug-likeness (QED) is 0.853. The van der Waals surface area contributed by atoms with Crippen LogP contribution >= 0.6 is 0 Å². The Labute approximate surface area is 129 Å². The molecule has 7 heteroatoms. The summed E-state index contributed by atoms with van der Waals surface area (Å²) in [4.78, 5) is 24.5. The number of nitrogens with zero attached hydrogens (tertiary/aromatic N) is 1. The molecular weight excluding hydrogens is 288 g/mol. The SMILES string of the molecule is COc1ccc(CN(C[C@H]2CNC(=O)O2)C(C)=O)c(OC)c1. The van der Waals surface area contributed by atoms with Gasteiger partial charge in [-0.3, -0.25) is 4.79 Å². The van der Waals surface area contributed by atoms with E-state index in [1.54, 1.807) is 25.2 Å². The number of ether oxygens (including phenoxy) is 3. The summed E-state index contributed by atoms with van der Waals surface area (Å²) in [6.07, 6.45) is -0.781. The van der Waals surface area contributed by atoms with Gasteiger partial charge < -0.3 is 24.4 Å². The molecule has 1 aliphatic heterocycles. The summed E-state index contributed by atoms with van der Waals surface area (Å²) >= 11 is 0. The van der Waals surface area contributed by atoms with Crippen LogP contribution in [0.25, 0.3) is 0 Å². The van der Waals surface area contributed by atoms with Gasteiger partial charge in [-0.1, -0.05) is 0 Å². The Kier molecular flexibility index (Phi) is 5.08. The lowest BCUT2D eigenvalue weighted by molar-refractivity contribution is -0.130. The van der Waals surface area contributed by atoms with Gasteiger partial charge in [-0.2, -0.15) is 0 Å². The molecule has 0 unspecified atom stereocenters. The minimum absolute atomic E-state index is 0.0965. The van der Waals surface area contributed by atoms with Gasteiger partial charge in [0.25, 0.3) is 0 Å². The van der Waals surface area contributed by atoms with Crippen LogP contribution in [0.15, 0.2) is 18.2 Å². The molecule has 1 aromatic carbocycles. The number of hydrogen-bond acceptors (Lipinski definition) is 5. The van der Waals surface area contributed by atoms with Crippen LogP contribution in [0.4, 0.5) is 4.79 Å². The Hall–Kier alpha value is -2.44. The Morgan fingerprint density at radius 2 is 2.18 bits per heavy atom. The van der Waals surface area contributed by atoms with Crippen LogP contribution in [0.3, 0.4) is 0 Å². The van der Waals surface area contributed by atoms with E-state index in [0.717, 1.165) is 5.56 Å². The van der Waals surface area contributed by atoms with Gasteiger partial charge >= 0.3 is 6.09 Å². The van der Waals surface area contributed by atoms with Crippen molar-refractivity contribution in [2.75, 3.05) is 27.3 Å². The van der Waals surface area contributed by atoms with Crippen LogP contribution in [-0.2, 0) is 16.1 Å². The lowest BCUT2D eigenvalue weighted by Gasteiger charge is -2.24. The zero-order chi connectivity index (χ0) is 16.1. The third-order valence-corrected chi connectivity index (χ3v) is 3.47. The molecule has 1 heterocycles. The number of hydrogen-bond donors (Lipinski definition) is 1. The van der Waals surface area contributed by atoms with Crippen LogP contribution < -0.4 is 14.8 Å². The highest BCUT2D eigenvalue weighted by Crippen LogP contribution is 2.26. The Morgan fingerprint density at radius 3 is 2.73 bits per heavy atom. The molecule has 0 bridgehead atoms. The van der Waals surface area contributed by atoms with E-state index in [0.29, 0.717) is 31.1 Å². The third-order valence-electron chi connectivity index (χ3n) is 3.47. The molecule has 0 saturated carbocycles. The fourth-order valence-electron chi connectivity index (χ4n) is 2.27. The van der Waals surface area contributed by atoms with Gasteiger partial charge in [-0.15, -0.1) is 0 Å². The number of rotatable bonds is 6. The second kappa shape index (κ2) is 7.02. The van der Waals surface area contributed by atoms with Gasteiger partial charge in [0, 0.05) is 25.1 Å². The van der Waals surface area contributed by atoms with Crippen LogP contribution in [0.2, 0.25) is 0 Å². The van der Waals surface area contributed by atoms with E-state index in [9.17, 15) is 9.59 Å². The first-order chi connectivity index (χ1) is 10.5. The smallest absolute Gasteiger partial charge is 0.407 e. The molecule has 1 aromatic rings. The van der Waals surface area contributed by atoms with E-state index in [1.165, 1.54) is 6.92 Å². The minimum Gasteiger partial charge on any atom is -0.497 e. The molecule has 0 spiro atoms. The molecule has 1 aliphatic rings. The Bertz CT molecular complexity index is 561. The third kappa shape index (κ3) is 3.81. The number of benzene rings is 1. The second-order valence-corrected chi connectivity index (χ2v) is 4.99. The van der Waals surface area contributed by atoms with Gasteiger partial charge in [0.15, 0.2) is 0 Å². The summed E-state index contributed by atoms with van der Waals surface area (Å²) in [6, 6.07) is 5.44. The lowest BCUT2D eigenvalue weighted by Crippen LogP contribution is -2.37. The number of methoxy groups -OCH3 is 2. The fourth-order valence-corrected chi connectivity index (χ4v) is 2.27. The molecule has 0 radical (unpaired) electrons. The topological polar surface area (TPSA) is 77.1 Å². The van der Waals surface area contributed by atoms with E-state index in [1.807, 2.05) is 12.1 Å². The van der Waals surface area contributed by atoms with E-state index in [4.69, 9.17) is 14.2 Å². The lowest BCUT2D eigenvalue weighted by atomic mass is 10.1. The first-order valence-electron chi connectivity index (χ1n) is 6.94. The van der Waals surface area contributed by atoms with Crippen molar-refractivity contribution in [2.24, 2.45) is 0 Å².